The molecule has 1 aromatic carbocycles. The summed E-state index contributed by atoms with van der Waals surface area (Å²) in [6, 6.07) is 8.86. The zero-order chi connectivity index (χ0) is 15.9. The molecule has 1 heterocycles. The molecule has 116 valence electrons. The highest BCUT2D eigenvalue weighted by Crippen LogP contribution is 2.15. The molecule has 2 aromatic rings. The zero-order valence-corrected chi connectivity index (χ0v) is 12.7. The van der Waals surface area contributed by atoms with Crippen LogP contribution in [0.2, 0.25) is 0 Å². The van der Waals surface area contributed by atoms with E-state index in [1.807, 2.05) is 26.0 Å². The van der Waals surface area contributed by atoms with E-state index >= 15 is 0 Å². The molecule has 0 saturated heterocycles. The van der Waals surface area contributed by atoms with Gasteiger partial charge in [-0.05, 0) is 43.2 Å². The Morgan fingerprint density at radius 3 is 2.68 bits per heavy atom. The Balaban J connectivity index is 1.75. The lowest BCUT2D eigenvalue weighted by Crippen LogP contribution is -2.35. The van der Waals surface area contributed by atoms with E-state index in [1.165, 1.54) is 18.3 Å². The summed E-state index contributed by atoms with van der Waals surface area (Å²) in [6.45, 7) is 4.65. The third-order valence-electron chi connectivity index (χ3n) is 2.97. The Hall–Kier alpha value is -2.63. The molecule has 0 aliphatic rings. The van der Waals surface area contributed by atoms with Crippen LogP contribution in [0.1, 0.15) is 11.1 Å². The van der Waals surface area contributed by atoms with Crippen molar-refractivity contribution in [1.29, 1.82) is 0 Å². The summed E-state index contributed by atoms with van der Waals surface area (Å²) in [6.07, 6.45) is 1.47. The number of ether oxygens (including phenoxy) is 1. The number of aromatic nitrogens is 2. The number of hydrogen-bond acceptors (Lipinski definition) is 4. The minimum atomic E-state index is -0.302. The van der Waals surface area contributed by atoms with Gasteiger partial charge in [-0.2, -0.15) is 5.10 Å². The van der Waals surface area contributed by atoms with Gasteiger partial charge in [-0.15, -0.1) is 0 Å². The number of amides is 1. The fourth-order valence-corrected chi connectivity index (χ4v) is 2.07. The van der Waals surface area contributed by atoms with Gasteiger partial charge >= 0.3 is 0 Å². The summed E-state index contributed by atoms with van der Waals surface area (Å²) in [5.41, 5.74) is 1.96. The van der Waals surface area contributed by atoms with Gasteiger partial charge in [0.15, 0.2) is 0 Å². The van der Waals surface area contributed by atoms with E-state index in [0.29, 0.717) is 13.2 Å². The molecule has 2 rings (SSSR count). The molecule has 0 radical (unpaired) electrons. The molecular weight excluding hydrogens is 282 g/mol. The predicted octanol–water partition coefficient (Wildman–Crippen LogP) is 1.06. The minimum Gasteiger partial charge on any atom is -0.492 e. The largest absolute Gasteiger partial charge is 0.492 e. The fraction of sp³-hybridized carbons (Fsp3) is 0.312. The van der Waals surface area contributed by atoms with Crippen LogP contribution in [0.3, 0.4) is 0 Å². The van der Waals surface area contributed by atoms with Gasteiger partial charge < -0.3 is 10.1 Å². The van der Waals surface area contributed by atoms with Crippen molar-refractivity contribution in [3.63, 3.8) is 0 Å². The molecule has 0 unspecified atom stereocenters. The minimum absolute atomic E-state index is 0.0940. The van der Waals surface area contributed by atoms with E-state index in [1.54, 1.807) is 0 Å². The van der Waals surface area contributed by atoms with Gasteiger partial charge in [-0.1, -0.05) is 6.07 Å². The van der Waals surface area contributed by atoms with Gasteiger partial charge in [0.2, 0.25) is 5.91 Å². The molecule has 6 nitrogen and oxygen atoms in total. The number of carbonyl (C=O) groups is 1. The van der Waals surface area contributed by atoms with Gasteiger partial charge in [0.05, 0.1) is 6.54 Å². The van der Waals surface area contributed by atoms with E-state index in [0.717, 1.165) is 21.6 Å². The topological polar surface area (TPSA) is 73.2 Å². The highest BCUT2D eigenvalue weighted by Gasteiger charge is 2.04. The third kappa shape index (κ3) is 4.73. The number of nitrogens with one attached hydrogen (secondary N) is 1. The molecule has 0 fully saturated rings. The van der Waals surface area contributed by atoms with Crippen LogP contribution in [0.4, 0.5) is 0 Å². The van der Waals surface area contributed by atoms with Crippen LogP contribution in [0, 0.1) is 13.8 Å². The lowest BCUT2D eigenvalue weighted by atomic mass is 10.1. The maximum atomic E-state index is 11.7. The standard InChI is InChI=1S/C16H19N3O3/c1-12-8-13(2)10-14(9-12)22-7-6-17-15(20)11-19-16(21)4-3-5-18-19/h3-5,8-10H,6-7,11H2,1-2H3,(H,17,20). The van der Waals surface area contributed by atoms with Crippen molar-refractivity contribution in [2.24, 2.45) is 0 Å². The van der Waals surface area contributed by atoms with Gasteiger partial charge in [0.25, 0.3) is 5.56 Å². The van der Waals surface area contributed by atoms with Gasteiger partial charge in [-0.25, -0.2) is 4.68 Å². The molecule has 1 amide bonds. The smallest absolute Gasteiger partial charge is 0.267 e. The Kier molecular flexibility index (Phi) is 5.30. The van der Waals surface area contributed by atoms with Crippen LogP contribution in [0.5, 0.6) is 5.75 Å². The van der Waals surface area contributed by atoms with E-state index in [4.69, 9.17) is 4.74 Å². The maximum Gasteiger partial charge on any atom is 0.267 e. The van der Waals surface area contributed by atoms with Crippen molar-refractivity contribution in [2.75, 3.05) is 13.2 Å². The van der Waals surface area contributed by atoms with E-state index < -0.39 is 0 Å². The second-order valence-corrected chi connectivity index (χ2v) is 5.04. The summed E-state index contributed by atoms with van der Waals surface area (Å²) < 4.78 is 6.70. The second kappa shape index (κ2) is 7.40. The average molecular weight is 301 g/mol. The van der Waals surface area contributed by atoms with Crippen molar-refractivity contribution in [3.05, 3.63) is 58.0 Å². The van der Waals surface area contributed by atoms with E-state index in [2.05, 4.69) is 16.5 Å². The van der Waals surface area contributed by atoms with Crippen LogP contribution in [-0.2, 0) is 11.3 Å². The quantitative estimate of drug-likeness (QED) is 0.810. The van der Waals surface area contributed by atoms with Crippen molar-refractivity contribution >= 4 is 5.91 Å². The van der Waals surface area contributed by atoms with Gasteiger partial charge in [0.1, 0.15) is 18.9 Å². The van der Waals surface area contributed by atoms with Crippen LogP contribution >= 0.6 is 0 Å². The number of benzene rings is 1. The summed E-state index contributed by atoms with van der Waals surface area (Å²) in [5, 5.41) is 6.52. The Morgan fingerprint density at radius 2 is 2.00 bits per heavy atom. The van der Waals surface area contributed by atoms with Gasteiger partial charge in [0, 0.05) is 12.3 Å². The first-order valence-corrected chi connectivity index (χ1v) is 7.04. The lowest BCUT2D eigenvalue weighted by Gasteiger charge is -2.09. The molecule has 1 aromatic heterocycles. The third-order valence-corrected chi connectivity index (χ3v) is 2.97. The van der Waals surface area contributed by atoms with Crippen LogP contribution in [0.25, 0.3) is 0 Å². The number of carbonyl (C=O) groups excluding carboxylic acids is 1. The number of rotatable bonds is 6. The summed E-state index contributed by atoms with van der Waals surface area (Å²) in [7, 11) is 0. The molecule has 6 heteroatoms. The van der Waals surface area contributed by atoms with Gasteiger partial charge in [-0.3, -0.25) is 9.59 Å². The predicted molar refractivity (Wildman–Crippen MR) is 82.9 cm³/mol. The SMILES string of the molecule is Cc1cc(C)cc(OCCNC(=O)Cn2ncccc2=O)c1. The summed E-state index contributed by atoms with van der Waals surface area (Å²) in [4.78, 5) is 23.1. The molecule has 0 spiro atoms. The molecule has 0 atom stereocenters. The van der Waals surface area contributed by atoms with Crippen LogP contribution < -0.4 is 15.6 Å². The van der Waals surface area contributed by atoms with E-state index in [-0.39, 0.29) is 18.0 Å². The van der Waals surface area contributed by atoms with Crippen molar-refractivity contribution in [3.8, 4) is 5.75 Å². The normalized spacial score (nSPS) is 10.3. The summed E-state index contributed by atoms with van der Waals surface area (Å²) >= 11 is 0. The fourth-order valence-electron chi connectivity index (χ4n) is 2.07. The van der Waals surface area contributed by atoms with Crippen molar-refractivity contribution < 1.29 is 9.53 Å². The highest BCUT2D eigenvalue weighted by molar-refractivity contribution is 5.75. The number of hydrogen-bond donors (Lipinski definition) is 1. The molecular formula is C16H19N3O3. The number of nitrogens with zero attached hydrogens (tertiary/aromatic N) is 2. The first-order chi connectivity index (χ1) is 10.5. The second-order valence-electron chi connectivity index (χ2n) is 5.04. The Morgan fingerprint density at radius 1 is 1.27 bits per heavy atom. The first kappa shape index (κ1) is 15.8. The lowest BCUT2D eigenvalue weighted by molar-refractivity contribution is -0.122. The van der Waals surface area contributed by atoms with Crippen molar-refractivity contribution in [2.45, 2.75) is 20.4 Å². The van der Waals surface area contributed by atoms with E-state index in [9.17, 15) is 9.59 Å². The molecule has 0 aliphatic carbocycles. The molecule has 1 N–H and O–H groups in total. The van der Waals surface area contributed by atoms with Crippen molar-refractivity contribution in [1.82, 2.24) is 15.1 Å². The maximum absolute atomic E-state index is 11.7. The Labute approximate surface area is 128 Å². The molecule has 0 saturated carbocycles. The molecule has 0 bridgehead atoms. The zero-order valence-electron chi connectivity index (χ0n) is 12.7. The highest BCUT2D eigenvalue weighted by atomic mass is 16.5. The van der Waals surface area contributed by atoms with Crippen LogP contribution in [-0.4, -0.2) is 28.8 Å². The number of aryl methyl sites for hydroxylation is 2. The molecule has 0 aliphatic heterocycles. The average Bonchev–Trinajstić information content (AvgIpc) is 2.45. The summed E-state index contributed by atoms with van der Waals surface area (Å²) in [5.74, 6) is 0.512. The van der Waals surface area contributed by atoms with Crippen LogP contribution in [0.15, 0.2) is 41.3 Å². The monoisotopic (exact) mass is 301 g/mol. The molecule has 22 heavy (non-hydrogen) atoms. The first-order valence-electron chi connectivity index (χ1n) is 7.04. The Bertz CT molecular complexity index is 690.